The normalized spacial score (nSPS) is 14.9. The van der Waals surface area contributed by atoms with Gasteiger partial charge in [0.1, 0.15) is 18.5 Å². The highest BCUT2D eigenvalue weighted by molar-refractivity contribution is 5.76. The van der Waals surface area contributed by atoms with Gasteiger partial charge in [0.05, 0.1) is 30.2 Å². The molecule has 1 fully saturated rings. The zero-order valence-corrected chi connectivity index (χ0v) is 20.7. The fraction of sp³-hybridized carbons (Fsp3) is 0.519. The molecule has 7 nitrogen and oxygen atoms in total. The fourth-order valence-corrected chi connectivity index (χ4v) is 4.41. The van der Waals surface area contributed by atoms with Crippen LogP contribution in [0.2, 0.25) is 0 Å². The second-order valence-corrected chi connectivity index (χ2v) is 9.31. The van der Waals surface area contributed by atoms with Crippen LogP contribution in [0.4, 0.5) is 17.2 Å². The third-order valence-electron chi connectivity index (χ3n) is 6.21. The van der Waals surface area contributed by atoms with E-state index >= 15 is 0 Å². The summed E-state index contributed by atoms with van der Waals surface area (Å²) in [5, 5.41) is 12.6. The number of nitrogens with one attached hydrogen (secondary N) is 1. The van der Waals surface area contributed by atoms with E-state index in [1.165, 1.54) is 39.2 Å². The van der Waals surface area contributed by atoms with Gasteiger partial charge in [-0.25, -0.2) is 9.78 Å². The van der Waals surface area contributed by atoms with Gasteiger partial charge in [-0.15, -0.1) is 0 Å². The summed E-state index contributed by atoms with van der Waals surface area (Å²) in [6.45, 7) is 7.30. The largest absolute Gasteiger partial charge is 0.467 e. The van der Waals surface area contributed by atoms with Gasteiger partial charge in [0.25, 0.3) is 0 Å². The number of benzene rings is 1. The quantitative estimate of drug-likeness (QED) is 0.448. The highest BCUT2D eigenvalue weighted by Gasteiger charge is 2.25. The lowest BCUT2D eigenvalue weighted by atomic mass is 9.92. The molecule has 1 aromatic carbocycles. The first kappa shape index (κ1) is 25.5. The van der Waals surface area contributed by atoms with Crippen molar-refractivity contribution in [2.45, 2.75) is 65.0 Å². The van der Waals surface area contributed by atoms with Crippen molar-refractivity contribution < 1.29 is 14.3 Å². The van der Waals surface area contributed by atoms with Crippen LogP contribution >= 0.6 is 0 Å². The summed E-state index contributed by atoms with van der Waals surface area (Å²) in [7, 11) is 1.35. The van der Waals surface area contributed by atoms with Crippen LogP contribution in [0.5, 0.6) is 0 Å². The number of carbonyl (C=O) groups excluding carboxylic acids is 1. The predicted molar refractivity (Wildman–Crippen MR) is 134 cm³/mol. The molecule has 0 saturated heterocycles. The van der Waals surface area contributed by atoms with Crippen molar-refractivity contribution in [1.29, 1.82) is 5.26 Å². The average Bonchev–Trinajstić information content (AvgIpc) is 2.86. The first-order valence-electron chi connectivity index (χ1n) is 12.1. The Balaban J connectivity index is 1.96. The summed E-state index contributed by atoms with van der Waals surface area (Å²) in [4.78, 5) is 18.5. The molecular weight excluding hydrogens is 428 g/mol. The number of carbonyl (C=O) groups is 1. The van der Waals surface area contributed by atoms with Gasteiger partial charge in [-0.05, 0) is 55.5 Å². The first-order valence-corrected chi connectivity index (χ1v) is 12.1. The molecule has 1 atom stereocenters. The maximum atomic E-state index is 11.5. The summed E-state index contributed by atoms with van der Waals surface area (Å²) < 4.78 is 10.4. The summed E-state index contributed by atoms with van der Waals surface area (Å²) >= 11 is 0. The Morgan fingerprint density at radius 2 is 1.97 bits per heavy atom. The molecule has 1 aliphatic rings. The third kappa shape index (κ3) is 6.94. The van der Waals surface area contributed by atoms with Crippen molar-refractivity contribution in [2.24, 2.45) is 5.92 Å². The molecule has 2 aromatic rings. The Hall–Kier alpha value is -3.11. The number of nitrogens with zero attached hydrogens (tertiary/aromatic N) is 3. The van der Waals surface area contributed by atoms with Crippen LogP contribution in [0, 0.1) is 17.2 Å². The molecule has 1 N–H and O–H groups in total. The van der Waals surface area contributed by atoms with Crippen molar-refractivity contribution in [3.63, 3.8) is 0 Å². The van der Waals surface area contributed by atoms with Gasteiger partial charge in [-0.3, -0.25) is 0 Å². The molecule has 1 saturated carbocycles. The van der Waals surface area contributed by atoms with Crippen molar-refractivity contribution in [2.75, 3.05) is 30.5 Å². The minimum atomic E-state index is -0.399. The number of nitriles is 1. The molecule has 0 spiro atoms. The molecule has 34 heavy (non-hydrogen) atoms. The Kier molecular flexibility index (Phi) is 9.29. The van der Waals surface area contributed by atoms with Crippen LogP contribution in [-0.2, 0) is 14.3 Å². The lowest BCUT2D eigenvalue weighted by Gasteiger charge is -2.38. The van der Waals surface area contributed by atoms with E-state index in [1.54, 1.807) is 12.3 Å². The highest BCUT2D eigenvalue weighted by Crippen LogP contribution is 2.36. The van der Waals surface area contributed by atoms with Gasteiger partial charge >= 0.3 is 5.97 Å². The zero-order valence-electron chi connectivity index (χ0n) is 20.7. The number of esters is 1. The average molecular weight is 465 g/mol. The van der Waals surface area contributed by atoms with Gasteiger partial charge in [0.2, 0.25) is 0 Å². The minimum Gasteiger partial charge on any atom is -0.467 e. The van der Waals surface area contributed by atoms with E-state index in [4.69, 9.17) is 14.7 Å². The molecule has 7 heteroatoms. The van der Waals surface area contributed by atoms with E-state index in [-0.39, 0.29) is 12.7 Å². The maximum Gasteiger partial charge on any atom is 0.331 e. The van der Waals surface area contributed by atoms with E-state index < -0.39 is 5.97 Å². The Morgan fingerprint density at radius 3 is 2.59 bits per heavy atom. The molecule has 1 heterocycles. The lowest BCUT2D eigenvalue weighted by molar-refractivity contribution is -0.147. The van der Waals surface area contributed by atoms with Crippen LogP contribution < -0.4 is 10.2 Å². The number of hydrogen-bond acceptors (Lipinski definition) is 7. The van der Waals surface area contributed by atoms with Crippen molar-refractivity contribution >= 4 is 23.2 Å². The molecule has 182 valence electrons. The van der Waals surface area contributed by atoms with Crippen LogP contribution in [0.25, 0.3) is 0 Å². The maximum absolute atomic E-state index is 11.5. The summed E-state index contributed by atoms with van der Waals surface area (Å²) in [5.41, 5.74) is 3.55. The standard InChI is InChI=1S/C27H36N4O3/c1-19(2)17-31(23-8-6-5-7-9-23)25-12-11-22(20(3)34-18-27(32)33-4)14-24(25)30-26-13-10-21(15-28)16-29-26/h10-14,16,19-20,23H,5-9,17-18H2,1-4H3,(H,29,30). The number of hydrogen-bond donors (Lipinski definition) is 1. The molecule has 0 amide bonds. The first-order chi connectivity index (χ1) is 16.4. The van der Waals surface area contributed by atoms with Gasteiger partial charge in [-0.1, -0.05) is 39.2 Å². The van der Waals surface area contributed by atoms with Gasteiger partial charge < -0.3 is 19.7 Å². The van der Waals surface area contributed by atoms with E-state index in [9.17, 15) is 4.79 Å². The topological polar surface area (TPSA) is 87.5 Å². The summed E-state index contributed by atoms with van der Waals surface area (Å²) in [6.07, 6.45) is 7.51. The van der Waals surface area contributed by atoms with Crippen LogP contribution in [0.3, 0.4) is 0 Å². The fourth-order valence-electron chi connectivity index (χ4n) is 4.41. The van der Waals surface area contributed by atoms with Crippen molar-refractivity contribution in [3.05, 3.63) is 47.7 Å². The molecule has 1 unspecified atom stereocenters. The molecule has 1 aromatic heterocycles. The molecule has 0 radical (unpaired) electrons. The second-order valence-electron chi connectivity index (χ2n) is 9.31. The smallest absolute Gasteiger partial charge is 0.331 e. The highest BCUT2D eigenvalue weighted by atomic mass is 16.6. The van der Waals surface area contributed by atoms with E-state index in [1.807, 2.05) is 13.0 Å². The number of anilines is 3. The molecule has 0 bridgehead atoms. The molecule has 1 aliphatic carbocycles. The third-order valence-corrected chi connectivity index (χ3v) is 6.21. The Bertz CT molecular complexity index is 978. The number of rotatable bonds is 10. The number of aromatic nitrogens is 1. The van der Waals surface area contributed by atoms with Crippen molar-refractivity contribution in [3.8, 4) is 6.07 Å². The molecule has 3 rings (SSSR count). The number of pyridine rings is 1. The SMILES string of the molecule is COC(=O)COC(C)c1ccc(N(CC(C)C)C2CCCCC2)c(Nc2ccc(C#N)cn2)c1. The lowest BCUT2D eigenvalue weighted by Crippen LogP contribution is -2.39. The second kappa shape index (κ2) is 12.4. The van der Waals surface area contributed by atoms with E-state index in [2.05, 4.69) is 53.3 Å². The van der Waals surface area contributed by atoms with Crippen LogP contribution in [0.15, 0.2) is 36.5 Å². The summed E-state index contributed by atoms with van der Waals surface area (Å²) in [5.74, 6) is 0.794. The van der Waals surface area contributed by atoms with Gasteiger partial charge in [-0.2, -0.15) is 5.26 Å². The Labute approximate surface area is 203 Å². The number of ether oxygens (including phenoxy) is 2. The van der Waals surface area contributed by atoms with Gasteiger partial charge in [0.15, 0.2) is 0 Å². The Morgan fingerprint density at radius 1 is 1.21 bits per heavy atom. The molecular formula is C27H36N4O3. The van der Waals surface area contributed by atoms with E-state index in [0.717, 1.165) is 23.5 Å². The predicted octanol–water partition coefficient (Wildman–Crippen LogP) is 5.74. The number of methoxy groups -OCH3 is 1. The zero-order chi connectivity index (χ0) is 24.5. The molecule has 0 aliphatic heterocycles. The van der Waals surface area contributed by atoms with Crippen molar-refractivity contribution in [1.82, 2.24) is 4.98 Å². The minimum absolute atomic E-state index is 0.0963. The van der Waals surface area contributed by atoms with Crippen LogP contribution in [0.1, 0.15) is 70.1 Å². The monoisotopic (exact) mass is 464 g/mol. The van der Waals surface area contributed by atoms with Gasteiger partial charge in [0, 0.05) is 18.8 Å². The van der Waals surface area contributed by atoms with Crippen LogP contribution in [-0.4, -0.2) is 37.3 Å². The summed E-state index contributed by atoms with van der Waals surface area (Å²) in [6, 6.07) is 12.5. The van der Waals surface area contributed by atoms with E-state index in [0.29, 0.717) is 23.3 Å².